The van der Waals surface area contributed by atoms with Gasteiger partial charge in [-0.25, -0.2) is 26.4 Å². The number of urea groups is 1. The fourth-order valence-electron chi connectivity index (χ4n) is 11.6. The van der Waals surface area contributed by atoms with Gasteiger partial charge in [-0.1, -0.05) is 61.4 Å². The fourth-order valence-corrected chi connectivity index (χ4v) is 14.8. The summed E-state index contributed by atoms with van der Waals surface area (Å²) in [5.74, 6) is -1.03. The quantitative estimate of drug-likeness (QED) is 0.0665. The number of carbonyl (C=O) groups excluding carboxylic acids is 3. The molecule has 16 nitrogen and oxygen atoms in total. The number of likely N-dealkylation sites (tertiary alicyclic amines) is 2. The van der Waals surface area contributed by atoms with Crippen LogP contribution in [0.5, 0.6) is 0 Å². The highest BCUT2D eigenvalue weighted by molar-refractivity contribution is 7.99. The smallest absolute Gasteiger partial charge is 0.380 e. The van der Waals surface area contributed by atoms with Gasteiger partial charge in [-0.15, -0.1) is 11.8 Å². The third kappa shape index (κ3) is 13.8. The van der Waals surface area contributed by atoms with Crippen LogP contribution >= 0.6 is 23.4 Å². The zero-order valence-electron chi connectivity index (χ0n) is 45.0. The summed E-state index contributed by atoms with van der Waals surface area (Å²) in [7, 11) is -11.0. The van der Waals surface area contributed by atoms with Crippen LogP contribution in [-0.2, 0) is 31.2 Å². The lowest BCUT2D eigenvalue weighted by atomic mass is 9.73. The molecule has 4 fully saturated rings. The van der Waals surface area contributed by atoms with E-state index in [1.165, 1.54) is 45.5 Å². The number of thioether (sulfide) groups is 1. The molecule has 430 valence electrons. The van der Waals surface area contributed by atoms with Gasteiger partial charge in [0.15, 0.2) is 0 Å². The number of alkyl halides is 3. The first-order valence-electron chi connectivity index (χ1n) is 27.1. The molecular weight excluding hydrogens is 1120 g/mol. The van der Waals surface area contributed by atoms with Gasteiger partial charge in [-0.2, -0.15) is 13.2 Å². The molecule has 0 saturated carbocycles. The van der Waals surface area contributed by atoms with Crippen LogP contribution in [0, 0.1) is 5.41 Å². The minimum Gasteiger partial charge on any atom is -0.380 e. The number of hydrogen-bond donors (Lipinski definition) is 3. The average molecular weight is 1190 g/mol. The molecule has 5 aromatic rings. The maximum absolute atomic E-state index is 14.5. The van der Waals surface area contributed by atoms with Gasteiger partial charge in [0.25, 0.3) is 25.8 Å². The zero-order valence-corrected chi connectivity index (χ0v) is 48.2. The number of fused-ring (bicyclic) bond motifs is 2. The summed E-state index contributed by atoms with van der Waals surface area (Å²) in [4.78, 5) is 51.6. The first-order valence-corrected chi connectivity index (χ1v) is 31.5. The summed E-state index contributed by atoms with van der Waals surface area (Å²) < 4.78 is 99.7. The van der Waals surface area contributed by atoms with E-state index in [4.69, 9.17) is 11.6 Å². The zero-order chi connectivity index (χ0) is 57.3. The molecule has 81 heavy (non-hydrogen) atoms. The number of aromatic nitrogens is 1. The maximum Gasteiger partial charge on any atom is 0.501 e. The fraction of sp³-hybridized carbons (Fsp3) is 0.414. The predicted octanol–water partition coefficient (Wildman–Crippen LogP) is 9.30. The SMILES string of the molecule is CC1(C)CCC(c2ccc(Cl)cc2)=C(CN2CCN(c3ccc(C(=O)NS(=O)(=O)c4ccc(N[C@H](CCN5C[C@H]6C[C@@H]5CN6Cc5ccc(N6CCC(=O)NC6=O)cn5)CSc5ccccc5)c(S(=O)(=O)C(F)(F)F)c4)cc3)CC2)C1. The molecule has 4 aliphatic heterocycles. The Morgan fingerprint density at radius 2 is 1.54 bits per heavy atom. The van der Waals surface area contributed by atoms with Crippen LogP contribution in [0.25, 0.3) is 5.57 Å². The molecule has 4 aromatic carbocycles. The number of amides is 4. The number of sulfonamides is 1. The van der Waals surface area contributed by atoms with Crippen LogP contribution in [0.4, 0.5) is 35.0 Å². The molecule has 3 atom stereocenters. The van der Waals surface area contributed by atoms with Crippen molar-refractivity contribution in [2.75, 3.05) is 79.8 Å². The van der Waals surface area contributed by atoms with Crippen LogP contribution in [0.2, 0.25) is 5.02 Å². The maximum atomic E-state index is 14.5. The summed E-state index contributed by atoms with van der Waals surface area (Å²) in [6.45, 7) is 11.4. The molecule has 2 bridgehead atoms. The van der Waals surface area contributed by atoms with Crippen molar-refractivity contribution in [3.8, 4) is 0 Å². The van der Waals surface area contributed by atoms with E-state index in [1.54, 1.807) is 18.3 Å². The van der Waals surface area contributed by atoms with E-state index in [2.05, 4.69) is 61.2 Å². The Labute approximate surface area is 480 Å². The summed E-state index contributed by atoms with van der Waals surface area (Å²) in [6.07, 6.45) is 6.25. The number of benzene rings is 4. The van der Waals surface area contributed by atoms with Crippen LogP contribution < -0.4 is 25.2 Å². The van der Waals surface area contributed by atoms with Crippen molar-refractivity contribution in [1.82, 2.24) is 29.7 Å². The van der Waals surface area contributed by atoms with Gasteiger partial charge >= 0.3 is 11.5 Å². The Morgan fingerprint density at radius 3 is 2.21 bits per heavy atom. The number of nitrogens with one attached hydrogen (secondary N) is 3. The average Bonchev–Trinajstić information content (AvgIpc) is 4.10. The monoisotopic (exact) mass is 1190 g/mol. The van der Waals surface area contributed by atoms with E-state index in [0.717, 1.165) is 99.9 Å². The molecule has 23 heteroatoms. The normalized spacial score (nSPS) is 20.6. The number of allylic oxidation sites excluding steroid dienone is 1. The standard InChI is InChI=1S/C58H65ClF3N9O7S3/c1-57(2)23-20-51(39-8-12-42(59)13-9-39)41(32-57)34-67-26-28-68(29-27-67)45-15-10-40(11-16-45)55(73)66-81(77,78)50-18-19-52(53(31-50)80(75,76)58(60,61)62)64-44(38-79-49-6-4-3-5-7-49)21-24-69-36-48-30-47(69)37-70(48)35-43-14-17-46(33-63-43)71-25-22-54(72)65-56(71)74/h3-19,31,33,44,47-48,64H,20-30,32,34-38H2,1-2H3,(H,66,73)(H,65,72,74)/t44-,47-,48-/m1/s1. The third-order valence-corrected chi connectivity index (χ3v) is 20.3. The van der Waals surface area contributed by atoms with Gasteiger partial charge in [0.2, 0.25) is 5.91 Å². The third-order valence-electron chi connectivity index (χ3n) is 16.1. The molecule has 4 saturated heterocycles. The van der Waals surface area contributed by atoms with E-state index in [1.807, 2.05) is 59.3 Å². The van der Waals surface area contributed by atoms with Gasteiger partial charge in [0, 0.05) is 117 Å². The van der Waals surface area contributed by atoms with Gasteiger partial charge in [-0.3, -0.25) is 39.5 Å². The van der Waals surface area contributed by atoms with E-state index in [0.29, 0.717) is 42.0 Å². The van der Waals surface area contributed by atoms with Crippen molar-refractivity contribution in [3.63, 3.8) is 0 Å². The Bertz CT molecular complexity index is 3390. The lowest BCUT2D eigenvalue weighted by Gasteiger charge is -2.39. The van der Waals surface area contributed by atoms with Gasteiger partial charge in [-0.05, 0) is 128 Å². The molecular formula is C58H65ClF3N9O7S3. The summed E-state index contributed by atoms with van der Waals surface area (Å²) in [5.41, 5.74) is 0.260. The number of pyridine rings is 1. The second-order valence-corrected chi connectivity index (χ2v) is 27.4. The number of sulfone groups is 1. The van der Waals surface area contributed by atoms with Crippen LogP contribution in [0.1, 0.15) is 74.0 Å². The number of nitrogens with zero attached hydrogens (tertiary/aromatic N) is 6. The van der Waals surface area contributed by atoms with Crippen LogP contribution in [0.15, 0.2) is 136 Å². The Balaban J connectivity index is 0.777. The number of carbonyl (C=O) groups is 3. The summed E-state index contributed by atoms with van der Waals surface area (Å²) >= 11 is 7.65. The molecule has 10 rings (SSSR count). The highest BCUT2D eigenvalue weighted by atomic mass is 35.5. The first-order chi connectivity index (χ1) is 38.6. The molecule has 0 unspecified atom stereocenters. The molecule has 5 aliphatic rings. The number of rotatable bonds is 19. The number of piperazine rings is 2. The first kappa shape index (κ1) is 58.2. The van der Waals surface area contributed by atoms with Gasteiger partial charge < -0.3 is 10.2 Å². The Hall–Kier alpha value is -6.01. The minimum absolute atomic E-state index is 0.0181. The van der Waals surface area contributed by atoms with Crippen molar-refractivity contribution >= 4 is 83.7 Å². The van der Waals surface area contributed by atoms with Gasteiger partial charge in [0.1, 0.15) is 4.90 Å². The van der Waals surface area contributed by atoms with Crippen molar-refractivity contribution in [2.24, 2.45) is 5.41 Å². The highest BCUT2D eigenvalue weighted by Gasteiger charge is 2.49. The molecule has 1 aliphatic carbocycles. The minimum atomic E-state index is -6.13. The molecule has 4 amide bonds. The second-order valence-electron chi connectivity index (χ2n) is 22.3. The van der Waals surface area contributed by atoms with Crippen molar-refractivity contribution in [1.29, 1.82) is 0 Å². The van der Waals surface area contributed by atoms with Gasteiger partial charge in [0.05, 0.1) is 28.2 Å². The summed E-state index contributed by atoms with van der Waals surface area (Å²) in [6, 6.07) is 29.3. The number of anilines is 3. The number of imide groups is 1. The molecule has 3 N–H and O–H groups in total. The van der Waals surface area contributed by atoms with E-state index in [-0.39, 0.29) is 41.9 Å². The van der Waals surface area contributed by atoms with E-state index in [9.17, 15) is 44.4 Å². The lowest BCUT2D eigenvalue weighted by molar-refractivity contribution is -0.120. The topological polar surface area (TPSA) is 185 Å². The van der Waals surface area contributed by atoms with E-state index < -0.39 is 58.8 Å². The number of hydrogen-bond acceptors (Lipinski definition) is 14. The molecule has 0 spiro atoms. The Morgan fingerprint density at radius 1 is 0.840 bits per heavy atom. The van der Waals surface area contributed by atoms with Crippen molar-refractivity contribution < 1.29 is 44.4 Å². The predicted molar refractivity (Wildman–Crippen MR) is 309 cm³/mol. The molecule has 0 radical (unpaired) electrons. The van der Waals surface area contributed by atoms with Crippen LogP contribution in [0.3, 0.4) is 0 Å². The molecule has 1 aromatic heterocycles. The summed E-state index contributed by atoms with van der Waals surface area (Å²) in [5, 5.41) is 6.09. The lowest BCUT2D eigenvalue weighted by Crippen LogP contribution is -2.49. The van der Waals surface area contributed by atoms with Crippen LogP contribution in [-0.4, -0.2) is 143 Å². The van der Waals surface area contributed by atoms with E-state index >= 15 is 0 Å². The number of halogens is 4. The highest BCUT2D eigenvalue weighted by Crippen LogP contribution is 2.43. The van der Waals surface area contributed by atoms with Crippen molar-refractivity contribution in [2.45, 2.75) is 97.2 Å². The molecule has 5 heterocycles. The largest absolute Gasteiger partial charge is 0.501 e. The Kier molecular flexibility index (Phi) is 17.3. The second kappa shape index (κ2) is 24.1. The van der Waals surface area contributed by atoms with Crippen molar-refractivity contribution in [3.05, 3.63) is 143 Å².